The first-order valence-corrected chi connectivity index (χ1v) is 7.74. The van der Waals surface area contributed by atoms with Gasteiger partial charge in [0.15, 0.2) is 0 Å². The van der Waals surface area contributed by atoms with Crippen LogP contribution in [0.5, 0.6) is 0 Å². The average molecular weight is 302 g/mol. The summed E-state index contributed by atoms with van der Waals surface area (Å²) in [5.41, 5.74) is 7.45. The maximum Gasteiger partial charge on any atom is 0.256 e. The standard InChI is InChI=1S/C14H14N4O2S/c15-6-9-1-2-11(19-9)14-17-13(18-20-14)8-5-12-10(16-7-8)3-4-21-12/h3-5,7,9,11H,1-2,6,15H2. The van der Waals surface area contributed by atoms with Crippen molar-refractivity contribution in [1.82, 2.24) is 15.1 Å². The molecule has 0 aliphatic carbocycles. The van der Waals surface area contributed by atoms with Crippen molar-refractivity contribution in [3.05, 3.63) is 29.6 Å². The van der Waals surface area contributed by atoms with E-state index in [2.05, 4.69) is 15.1 Å². The van der Waals surface area contributed by atoms with Gasteiger partial charge in [0.25, 0.3) is 5.89 Å². The molecule has 0 radical (unpaired) electrons. The Morgan fingerprint density at radius 3 is 3.19 bits per heavy atom. The molecule has 1 aliphatic rings. The van der Waals surface area contributed by atoms with Crippen molar-refractivity contribution in [2.75, 3.05) is 6.54 Å². The molecule has 1 fully saturated rings. The molecule has 0 spiro atoms. The van der Waals surface area contributed by atoms with Gasteiger partial charge in [0.2, 0.25) is 5.82 Å². The van der Waals surface area contributed by atoms with Gasteiger partial charge in [0.05, 0.1) is 16.3 Å². The zero-order valence-corrected chi connectivity index (χ0v) is 12.0. The fourth-order valence-corrected chi connectivity index (χ4v) is 3.29. The molecule has 3 aromatic rings. The number of nitrogens with zero attached hydrogens (tertiary/aromatic N) is 3. The number of hydrogen-bond donors (Lipinski definition) is 1. The van der Waals surface area contributed by atoms with Gasteiger partial charge < -0.3 is 15.0 Å². The van der Waals surface area contributed by atoms with Gasteiger partial charge in [-0.1, -0.05) is 5.16 Å². The Labute approximate surface area is 124 Å². The van der Waals surface area contributed by atoms with E-state index in [1.165, 1.54) is 0 Å². The van der Waals surface area contributed by atoms with Gasteiger partial charge >= 0.3 is 0 Å². The molecule has 0 amide bonds. The summed E-state index contributed by atoms with van der Waals surface area (Å²) in [6.07, 6.45) is 3.52. The molecule has 1 aliphatic heterocycles. The highest BCUT2D eigenvalue weighted by molar-refractivity contribution is 7.17. The Hall–Kier alpha value is -1.83. The van der Waals surface area contributed by atoms with Crippen LogP contribution in [-0.4, -0.2) is 27.8 Å². The average Bonchev–Trinajstić information content (AvgIpc) is 3.24. The third-order valence-corrected chi connectivity index (χ3v) is 4.50. The molecule has 1 saturated heterocycles. The SMILES string of the molecule is NCC1CCC(c2nc(-c3cnc4ccsc4c3)no2)O1. The van der Waals surface area contributed by atoms with Gasteiger partial charge in [-0.2, -0.15) is 4.98 Å². The van der Waals surface area contributed by atoms with E-state index in [0.717, 1.165) is 28.6 Å². The quantitative estimate of drug-likeness (QED) is 0.800. The summed E-state index contributed by atoms with van der Waals surface area (Å²) in [7, 11) is 0. The van der Waals surface area contributed by atoms with Crippen LogP contribution in [0, 0.1) is 0 Å². The van der Waals surface area contributed by atoms with Crippen LogP contribution in [0.2, 0.25) is 0 Å². The van der Waals surface area contributed by atoms with Crippen molar-refractivity contribution >= 4 is 21.6 Å². The zero-order valence-electron chi connectivity index (χ0n) is 11.2. The number of nitrogens with two attached hydrogens (primary N) is 1. The fourth-order valence-electron chi connectivity index (χ4n) is 2.51. The molecule has 2 unspecified atom stereocenters. The Morgan fingerprint density at radius 1 is 1.38 bits per heavy atom. The van der Waals surface area contributed by atoms with Crippen LogP contribution in [0.3, 0.4) is 0 Å². The van der Waals surface area contributed by atoms with E-state index in [-0.39, 0.29) is 12.2 Å². The second-order valence-corrected chi connectivity index (χ2v) is 5.99. The van der Waals surface area contributed by atoms with Gasteiger partial charge in [-0.25, -0.2) is 0 Å². The number of thiophene rings is 1. The van der Waals surface area contributed by atoms with Gasteiger partial charge in [0, 0.05) is 18.3 Å². The predicted molar refractivity (Wildman–Crippen MR) is 78.8 cm³/mol. The molecule has 4 heterocycles. The van der Waals surface area contributed by atoms with Gasteiger partial charge in [-0.05, 0) is 30.4 Å². The minimum atomic E-state index is -0.141. The van der Waals surface area contributed by atoms with E-state index >= 15 is 0 Å². The molecule has 0 aromatic carbocycles. The molecule has 21 heavy (non-hydrogen) atoms. The third kappa shape index (κ3) is 2.33. The topological polar surface area (TPSA) is 87.1 Å². The van der Waals surface area contributed by atoms with Crippen molar-refractivity contribution in [1.29, 1.82) is 0 Å². The maximum absolute atomic E-state index is 5.77. The molecule has 2 atom stereocenters. The van der Waals surface area contributed by atoms with Crippen LogP contribution < -0.4 is 5.73 Å². The van der Waals surface area contributed by atoms with Crippen molar-refractivity contribution in [2.45, 2.75) is 25.0 Å². The first-order chi connectivity index (χ1) is 10.3. The number of ether oxygens (including phenoxy) is 1. The zero-order chi connectivity index (χ0) is 14.2. The summed E-state index contributed by atoms with van der Waals surface area (Å²) in [5, 5.41) is 6.06. The van der Waals surface area contributed by atoms with Crippen LogP contribution in [0.4, 0.5) is 0 Å². The normalized spacial score (nSPS) is 22.1. The van der Waals surface area contributed by atoms with Crippen LogP contribution in [0.15, 0.2) is 28.2 Å². The highest BCUT2D eigenvalue weighted by atomic mass is 32.1. The summed E-state index contributed by atoms with van der Waals surface area (Å²) < 4.78 is 12.2. The first kappa shape index (κ1) is 12.9. The van der Waals surface area contributed by atoms with Crippen LogP contribution in [-0.2, 0) is 4.74 Å². The fraction of sp³-hybridized carbons (Fsp3) is 0.357. The largest absolute Gasteiger partial charge is 0.364 e. The van der Waals surface area contributed by atoms with Gasteiger partial charge in [-0.3, -0.25) is 4.98 Å². The van der Waals surface area contributed by atoms with E-state index in [9.17, 15) is 0 Å². The maximum atomic E-state index is 5.77. The second-order valence-electron chi connectivity index (χ2n) is 5.04. The van der Waals surface area contributed by atoms with E-state index in [1.54, 1.807) is 17.5 Å². The highest BCUT2D eigenvalue weighted by Crippen LogP contribution is 2.32. The number of hydrogen-bond acceptors (Lipinski definition) is 7. The summed E-state index contributed by atoms with van der Waals surface area (Å²) in [5.74, 6) is 1.07. The van der Waals surface area contributed by atoms with Gasteiger partial charge in [-0.15, -0.1) is 11.3 Å². The van der Waals surface area contributed by atoms with Gasteiger partial charge in [0.1, 0.15) is 6.10 Å². The first-order valence-electron chi connectivity index (χ1n) is 6.86. The molecule has 3 aromatic heterocycles. The molecule has 6 nitrogen and oxygen atoms in total. The predicted octanol–water partition coefficient (Wildman–Crippen LogP) is 2.53. The van der Waals surface area contributed by atoms with Crippen LogP contribution in [0.25, 0.3) is 21.6 Å². The molecule has 0 bridgehead atoms. The lowest BCUT2D eigenvalue weighted by molar-refractivity contribution is 0.0307. The van der Waals surface area contributed by atoms with E-state index < -0.39 is 0 Å². The number of fused-ring (bicyclic) bond motifs is 1. The molecule has 2 N–H and O–H groups in total. The minimum absolute atomic E-state index is 0.0921. The molecule has 4 rings (SSSR count). The molecule has 7 heteroatoms. The third-order valence-electron chi connectivity index (χ3n) is 3.65. The van der Waals surface area contributed by atoms with Crippen LogP contribution in [0.1, 0.15) is 24.8 Å². The van der Waals surface area contributed by atoms with E-state index in [4.69, 9.17) is 15.0 Å². The molecular formula is C14H14N4O2S. The highest BCUT2D eigenvalue weighted by Gasteiger charge is 2.30. The lowest BCUT2D eigenvalue weighted by atomic mass is 10.2. The van der Waals surface area contributed by atoms with E-state index in [0.29, 0.717) is 18.3 Å². The number of rotatable bonds is 3. The van der Waals surface area contributed by atoms with Crippen molar-refractivity contribution in [3.8, 4) is 11.4 Å². The van der Waals surface area contributed by atoms with E-state index in [1.807, 2.05) is 17.5 Å². The lowest BCUT2D eigenvalue weighted by Gasteiger charge is -2.07. The lowest BCUT2D eigenvalue weighted by Crippen LogP contribution is -2.18. The summed E-state index contributed by atoms with van der Waals surface area (Å²) >= 11 is 1.64. The minimum Gasteiger partial charge on any atom is -0.364 e. The number of pyridine rings is 1. The van der Waals surface area contributed by atoms with Crippen LogP contribution >= 0.6 is 11.3 Å². The Kier molecular flexibility index (Phi) is 3.17. The Bertz CT molecular complexity index is 769. The summed E-state index contributed by atoms with van der Waals surface area (Å²) in [6, 6.07) is 4.02. The van der Waals surface area contributed by atoms with Crippen molar-refractivity contribution in [2.24, 2.45) is 5.73 Å². The molecule has 108 valence electrons. The molecule has 0 saturated carbocycles. The van der Waals surface area contributed by atoms with Crippen molar-refractivity contribution < 1.29 is 9.26 Å². The Morgan fingerprint density at radius 2 is 2.33 bits per heavy atom. The summed E-state index contributed by atoms with van der Waals surface area (Å²) in [4.78, 5) is 8.83. The summed E-state index contributed by atoms with van der Waals surface area (Å²) in [6.45, 7) is 0.524. The monoisotopic (exact) mass is 302 g/mol. The van der Waals surface area contributed by atoms with Crippen molar-refractivity contribution in [3.63, 3.8) is 0 Å². The Balaban J connectivity index is 1.61. The number of aromatic nitrogens is 3. The smallest absolute Gasteiger partial charge is 0.256 e. The molecular weight excluding hydrogens is 288 g/mol. The second kappa shape index (κ2) is 5.18.